The number of anilines is 2. The first-order valence-corrected chi connectivity index (χ1v) is 5.30. The Bertz CT molecular complexity index is 650. The van der Waals surface area contributed by atoms with Gasteiger partial charge in [-0.2, -0.15) is 4.98 Å². The van der Waals surface area contributed by atoms with Crippen molar-refractivity contribution in [2.24, 2.45) is 0 Å². The summed E-state index contributed by atoms with van der Waals surface area (Å²) in [5.74, 6) is -1.57. The van der Waals surface area contributed by atoms with Gasteiger partial charge in [-0.15, -0.1) is 5.10 Å². The Kier molecular flexibility index (Phi) is 3.15. The topological polar surface area (TPSA) is 134 Å². The average molecular weight is 261 g/mol. The van der Waals surface area contributed by atoms with Crippen LogP contribution in [0.5, 0.6) is 0 Å². The van der Waals surface area contributed by atoms with Crippen LogP contribution in [0.15, 0.2) is 18.2 Å². The molecule has 0 unspecified atom stereocenters. The molecule has 0 saturated carbocycles. The SMILES string of the molecule is Cc1cc(C(=O)O)ccc1NC(=O)c1nc(N)n[nH]1. The first kappa shape index (κ1) is 12.6. The van der Waals surface area contributed by atoms with Crippen LogP contribution in [0, 0.1) is 6.92 Å². The zero-order chi connectivity index (χ0) is 14.0. The van der Waals surface area contributed by atoms with E-state index in [2.05, 4.69) is 20.5 Å². The first-order chi connectivity index (χ1) is 8.97. The number of carboxylic acids is 1. The van der Waals surface area contributed by atoms with E-state index in [0.717, 1.165) is 0 Å². The Morgan fingerprint density at radius 1 is 1.42 bits per heavy atom. The van der Waals surface area contributed by atoms with Gasteiger partial charge in [0.2, 0.25) is 11.8 Å². The fourth-order valence-electron chi connectivity index (χ4n) is 1.49. The highest BCUT2D eigenvalue weighted by atomic mass is 16.4. The molecule has 19 heavy (non-hydrogen) atoms. The Hall–Kier alpha value is -2.90. The monoisotopic (exact) mass is 261 g/mol. The maximum absolute atomic E-state index is 11.8. The molecule has 8 heteroatoms. The average Bonchev–Trinajstić information content (AvgIpc) is 2.78. The van der Waals surface area contributed by atoms with Crippen molar-refractivity contribution in [3.05, 3.63) is 35.2 Å². The molecule has 0 atom stereocenters. The number of amides is 1. The van der Waals surface area contributed by atoms with Gasteiger partial charge in [-0.3, -0.25) is 9.89 Å². The van der Waals surface area contributed by atoms with Gasteiger partial charge in [-0.25, -0.2) is 4.79 Å². The van der Waals surface area contributed by atoms with Crippen molar-refractivity contribution in [2.45, 2.75) is 6.92 Å². The summed E-state index contributed by atoms with van der Waals surface area (Å²) in [7, 11) is 0. The molecule has 1 heterocycles. The van der Waals surface area contributed by atoms with Gasteiger partial charge in [0.25, 0.3) is 5.91 Å². The Morgan fingerprint density at radius 2 is 2.16 bits per heavy atom. The summed E-state index contributed by atoms with van der Waals surface area (Å²) < 4.78 is 0. The fraction of sp³-hybridized carbons (Fsp3) is 0.0909. The van der Waals surface area contributed by atoms with Crippen molar-refractivity contribution in [1.29, 1.82) is 0 Å². The second-order valence-electron chi connectivity index (χ2n) is 3.83. The number of hydrogen-bond acceptors (Lipinski definition) is 5. The highest BCUT2D eigenvalue weighted by molar-refractivity contribution is 6.02. The molecule has 0 aliphatic rings. The number of nitrogen functional groups attached to an aromatic ring is 1. The molecule has 2 aromatic rings. The normalized spacial score (nSPS) is 10.2. The molecular weight excluding hydrogens is 250 g/mol. The minimum atomic E-state index is -1.02. The van der Waals surface area contributed by atoms with Crippen LogP contribution in [0.3, 0.4) is 0 Å². The van der Waals surface area contributed by atoms with E-state index in [0.29, 0.717) is 11.3 Å². The van der Waals surface area contributed by atoms with E-state index in [-0.39, 0.29) is 17.3 Å². The van der Waals surface area contributed by atoms with Crippen molar-refractivity contribution in [2.75, 3.05) is 11.1 Å². The van der Waals surface area contributed by atoms with Gasteiger partial charge in [-0.1, -0.05) is 0 Å². The third kappa shape index (κ3) is 2.68. The maximum atomic E-state index is 11.8. The van der Waals surface area contributed by atoms with Gasteiger partial charge in [0, 0.05) is 5.69 Å². The van der Waals surface area contributed by atoms with Gasteiger partial charge in [0.15, 0.2) is 0 Å². The third-order valence-corrected chi connectivity index (χ3v) is 2.44. The van der Waals surface area contributed by atoms with Crippen molar-refractivity contribution in [1.82, 2.24) is 15.2 Å². The number of H-pyrrole nitrogens is 1. The number of nitrogens with zero attached hydrogens (tertiary/aromatic N) is 2. The van der Waals surface area contributed by atoms with Gasteiger partial charge >= 0.3 is 5.97 Å². The lowest BCUT2D eigenvalue weighted by Gasteiger charge is -2.07. The molecule has 0 radical (unpaired) electrons. The van der Waals surface area contributed by atoms with Crippen LogP contribution in [0.25, 0.3) is 0 Å². The molecule has 0 spiro atoms. The molecule has 0 bridgehead atoms. The lowest BCUT2D eigenvalue weighted by molar-refractivity contribution is 0.0696. The molecule has 1 amide bonds. The Morgan fingerprint density at radius 3 is 2.68 bits per heavy atom. The molecule has 5 N–H and O–H groups in total. The summed E-state index contributed by atoms with van der Waals surface area (Å²) in [6, 6.07) is 4.38. The van der Waals surface area contributed by atoms with Crippen LogP contribution in [0.1, 0.15) is 26.5 Å². The number of benzene rings is 1. The fourth-order valence-corrected chi connectivity index (χ4v) is 1.49. The number of aromatic carboxylic acids is 1. The zero-order valence-electron chi connectivity index (χ0n) is 9.97. The largest absolute Gasteiger partial charge is 0.478 e. The highest BCUT2D eigenvalue weighted by Gasteiger charge is 2.13. The molecule has 2 rings (SSSR count). The second-order valence-corrected chi connectivity index (χ2v) is 3.83. The number of carbonyl (C=O) groups excluding carboxylic acids is 1. The number of aryl methyl sites for hydroxylation is 1. The number of carboxylic acid groups (broad SMARTS) is 1. The maximum Gasteiger partial charge on any atom is 0.335 e. The predicted octanol–water partition coefficient (Wildman–Crippen LogP) is 0.646. The number of nitrogens with two attached hydrogens (primary N) is 1. The second kappa shape index (κ2) is 4.77. The van der Waals surface area contributed by atoms with Gasteiger partial charge < -0.3 is 16.2 Å². The molecule has 8 nitrogen and oxygen atoms in total. The molecule has 98 valence electrons. The molecule has 1 aromatic carbocycles. The number of aromatic amines is 1. The van der Waals surface area contributed by atoms with Crippen molar-refractivity contribution < 1.29 is 14.7 Å². The van der Waals surface area contributed by atoms with Gasteiger partial charge in [0.1, 0.15) is 0 Å². The predicted molar refractivity (Wildman–Crippen MR) is 66.9 cm³/mol. The summed E-state index contributed by atoms with van der Waals surface area (Å²) in [5, 5.41) is 17.3. The van der Waals surface area contributed by atoms with Crippen LogP contribution >= 0.6 is 0 Å². The molecule has 0 aliphatic carbocycles. The molecule has 0 saturated heterocycles. The molecule has 0 aliphatic heterocycles. The van der Waals surface area contributed by atoms with E-state index in [9.17, 15) is 9.59 Å². The quantitative estimate of drug-likeness (QED) is 0.640. The zero-order valence-corrected chi connectivity index (χ0v) is 9.97. The summed E-state index contributed by atoms with van der Waals surface area (Å²) in [5.41, 5.74) is 6.56. The summed E-state index contributed by atoms with van der Waals surface area (Å²) in [6.07, 6.45) is 0. The van der Waals surface area contributed by atoms with E-state index in [1.807, 2.05) is 0 Å². The van der Waals surface area contributed by atoms with Crippen molar-refractivity contribution >= 4 is 23.5 Å². The molecular formula is C11H11N5O3. The minimum absolute atomic E-state index is 0.0146. The number of hydrogen-bond donors (Lipinski definition) is 4. The first-order valence-electron chi connectivity index (χ1n) is 5.30. The highest BCUT2D eigenvalue weighted by Crippen LogP contribution is 2.17. The van der Waals surface area contributed by atoms with Crippen LogP contribution in [0.4, 0.5) is 11.6 Å². The summed E-state index contributed by atoms with van der Waals surface area (Å²) in [4.78, 5) is 26.3. The lowest BCUT2D eigenvalue weighted by Crippen LogP contribution is -2.15. The lowest BCUT2D eigenvalue weighted by atomic mass is 10.1. The standard InChI is InChI=1S/C11H11N5O3/c1-5-4-6(10(18)19)2-3-7(5)13-9(17)8-14-11(12)16-15-8/h2-4H,1H3,(H,13,17)(H,18,19)(H3,12,14,15,16). The van der Waals surface area contributed by atoms with E-state index in [1.54, 1.807) is 6.92 Å². The Balaban J connectivity index is 2.20. The number of aromatic nitrogens is 3. The van der Waals surface area contributed by atoms with Crippen LogP contribution < -0.4 is 11.1 Å². The van der Waals surface area contributed by atoms with E-state index in [4.69, 9.17) is 10.8 Å². The molecule has 1 aromatic heterocycles. The smallest absolute Gasteiger partial charge is 0.335 e. The minimum Gasteiger partial charge on any atom is -0.478 e. The number of nitrogens with one attached hydrogen (secondary N) is 2. The number of carbonyl (C=O) groups is 2. The number of rotatable bonds is 3. The van der Waals surface area contributed by atoms with Gasteiger partial charge in [-0.05, 0) is 30.7 Å². The van der Waals surface area contributed by atoms with Crippen molar-refractivity contribution in [3.63, 3.8) is 0 Å². The van der Waals surface area contributed by atoms with Crippen LogP contribution in [-0.4, -0.2) is 32.2 Å². The third-order valence-electron chi connectivity index (χ3n) is 2.44. The van der Waals surface area contributed by atoms with Gasteiger partial charge in [0.05, 0.1) is 5.56 Å². The molecule has 0 fully saturated rings. The van der Waals surface area contributed by atoms with E-state index < -0.39 is 11.9 Å². The summed E-state index contributed by atoms with van der Waals surface area (Å²) in [6.45, 7) is 1.69. The van der Waals surface area contributed by atoms with E-state index in [1.165, 1.54) is 18.2 Å². The Labute approximate surface area is 107 Å². The van der Waals surface area contributed by atoms with Crippen molar-refractivity contribution in [3.8, 4) is 0 Å². The van der Waals surface area contributed by atoms with E-state index >= 15 is 0 Å². The van der Waals surface area contributed by atoms with Crippen LogP contribution in [-0.2, 0) is 0 Å². The summed E-state index contributed by atoms with van der Waals surface area (Å²) >= 11 is 0. The van der Waals surface area contributed by atoms with Crippen LogP contribution in [0.2, 0.25) is 0 Å².